The van der Waals surface area contributed by atoms with Crippen LogP contribution in [0.1, 0.15) is 5.56 Å². The average Bonchev–Trinajstić information content (AvgIpc) is 2.57. The van der Waals surface area contributed by atoms with Crippen LogP contribution in [0.5, 0.6) is 5.75 Å². The van der Waals surface area contributed by atoms with Gasteiger partial charge in [-0.2, -0.15) is 0 Å². The molecule has 2 aromatic carbocycles. The quantitative estimate of drug-likeness (QED) is 0.367. The number of phenols is 1. The van der Waals surface area contributed by atoms with Crippen LogP contribution < -0.4 is 10.2 Å². The predicted molar refractivity (Wildman–Crippen MR) is 104 cm³/mol. The normalized spacial score (nSPS) is 16.3. The summed E-state index contributed by atoms with van der Waals surface area (Å²) in [5.74, 6) is -1.40. The van der Waals surface area contributed by atoms with E-state index >= 15 is 0 Å². The number of barbiturate groups is 1. The van der Waals surface area contributed by atoms with Crippen LogP contribution in [0.4, 0.5) is 10.5 Å². The Morgan fingerprint density at radius 1 is 1.12 bits per heavy atom. The molecular formula is C17H10BrIN2O4. The van der Waals surface area contributed by atoms with Gasteiger partial charge in [0.25, 0.3) is 11.8 Å². The smallest absolute Gasteiger partial charge is 0.335 e. The Morgan fingerprint density at radius 3 is 2.44 bits per heavy atom. The van der Waals surface area contributed by atoms with Crippen LogP contribution in [0.3, 0.4) is 0 Å². The van der Waals surface area contributed by atoms with Crippen LogP contribution in [0, 0.1) is 3.57 Å². The lowest BCUT2D eigenvalue weighted by Gasteiger charge is -2.26. The van der Waals surface area contributed by atoms with Crippen molar-refractivity contribution >= 4 is 68.1 Å². The van der Waals surface area contributed by atoms with Crippen LogP contribution in [-0.2, 0) is 9.59 Å². The highest BCUT2D eigenvalue weighted by atomic mass is 127. The fourth-order valence-electron chi connectivity index (χ4n) is 2.30. The van der Waals surface area contributed by atoms with Gasteiger partial charge >= 0.3 is 6.03 Å². The summed E-state index contributed by atoms with van der Waals surface area (Å²) in [7, 11) is 0. The van der Waals surface area contributed by atoms with E-state index in [1.165, 1.54) is 6.08 Å². The molecule has 3 rings (SSSR count). The molecular weight excluding hydrogens is 503 g/mol. The maximum Gasteiger partial charge on any atom is 0.335 e. The summed E-state index contributed by atoms with van der Waals surface area (Å²) in [5, 5.41) is 12.0. The number of halogens is 2. The summed E-state index contributed by atoms with van der Waals surface area (Å²) in [4.78, 5) is 37.8. The summed E-state index contributed by atoms with van der Waals surface area (Å²) in [6.45, 7) is 0. The molecule has 8 heteroatoms. The number of nitrogens with one attached hydrogen (secondary N) is 1. The molecule has 1 saturated heterocycles. The fourth-order valence-corrected chi connectivity index (χ4v) is 3.80. The molecule has 0 radical (unpaired) electrons. The van der Waals surface area contributed by atoms with Gasteiger partial charge in [-0.1, -0.05) is 18.2 Å². The molecule has 0 aliphatic carbocycles. The Kier molecular flexibility index (Phi) is 4.91. The Bertz CT molecular complexity index is 904. The van der Waals surface area contributed by atoms with Gasteiger partial charge in [0.15, 0.2) is 0 Å². The number of carbonyl (C=O) groups is 3. The Morgan fingerprint density at radius 2 is 1.80 bits per heavy atom. The lowest BCUT2D eigenvalue weighted by molar-refractivity contribution is -0.122. The molecule has 126 valence electrons. The SMILES string of the molecule is O=C1NC(=O)N(c2ccccc2)C(=O)/C1=C/c1cc(Br)c(O)c(I)c1. The highest BCUT2D eigenvalue weighted by Gasteiger charge is 2.36. The van der Waals surface area contributed by atoms with Crippen LogP contribution in [0.15, 0.2) is 52.5 Å². The van der Waals surface area contributed by atoms with E-state index < -0.39 is 17.8 Å². The number of nitrogens with zero attached hydrogens (tertiary/aromatic N) is 1. The van der Waals surface area contributed by atoms with Gasteiger partial charge in [-0.05, 0) is 74.4 Å². The number of rotatable bonds is 2. The third kappa shape index (κ3) is 3.45. The summed E-state index contributed by atoms with van der Waals surface area (Å²) >= 11 is 5.15. The molecule has 1 fully saturated rings. The minimum Gasteiger partial charge on any atom is -0.506 e. The van der Waals surface area contributed by atoms with E-state index in [1.54, 1.807) is 42.5 Å². The minimum absolute atomic E-state index is 0.0725. The summed E-state index contributed by atoms with van der Waals surface area (Å²) in [5.41, 5.74) is 0.733. The number of urea groups is 1. The Hall–Kier alpha value is -2.20. The predicted octanol–water partition coefficient (Wildman–Crippen LogP) is 3.43. The highest BCUT2D eigenvalue weighted by Crippen LogP contribution is 2.31. The Labute approximate surface area is 164 Å². The largest absolute Gasteiger partial charge is 0.506 e. The first-order chi connectivity index (χ1) is 11.9. The number of anilines is 1. The standard InChI is InChI=1S/C17H10BrIN2O4/c18-12-7-9(8-13(19)14(12)22)6-11-15(23)20-17(25)21(16(11)24)10-4-2-1-3-5-10/h1-8,22H,(H,20,23,25)/b11-6+. The second kappa shape index (κ2) is 6.96. The number of phenolic OH excluding ortho intramolecular Hbond substituents is 1. The van der Waals surface area contributed by atoms with Crippen molar-refractivity contribution in [3.8, 4) is 5.75 Å². The molecule has 4 amide bonds. The maximum absolute atomic E-state index is 12.7. The van der Waals surface area contributed by atoms with E-state index in [2.05, 4.69) is 21.2 Å². The van der Waals surface area contributed by atoms with Gasteiger partial charge in [0.1, 0.15) is 11.3 Å². The molecule has 0 bridgehead atoms. The van der Waals surface area contributed by atoms with Gasteiger partial charge in [0.2, 0.25) is 0 Å². The fraction of sp³-hybridized carbons (Fsp3) is 0. The average molecular weight is 513 g/mol. The summed E-state index contributed by atoms with van der Waals surface area (Å²) in [6.07, 6.45) is 1.38. The number of para-hydroxylation sites is 1. The summed E-state index contributed by atoms with van der Waals surface area (Å²) in [6, 6.07) is 10.7. The van der Waals surface area contributed by atoms with Crippen molar-refractivity contribution in [3.05, 3.63) is 61.6 Å². The molecule has 0 unspecified atom stereocenters. The molecule has 25 heavy (non-hydrogen) atoms. The van der Waals surface area contributed by atoms with E-state index in [0.717, 1.165) is 4.90 Å². The van der Waals surface area contributed by atoms with Crippen molar-refractivity contribution in [1.29, 1.82) is 0 Å². The van der Waals surface area contributed by atoms with E-state index in [-0.39, 0.29) is 11.3 Å². The van der Waals surface area contributed by atoms with Crippen LogP contribution in [0.2, 0.25) is 0 Å². The second-order valence-corrected chi connectivity index (χ2v) is 7.14. The lowest BCUT2D eigenvalue weighted by atomic mass is 10.1. The third-order valence-corrected chi connectivity index (χ3v) is 4.89. The number of imide groups is 2. The van der Waals surface area contributed by atoms with Crippen LogP contribution in [0.25, 0.3) is 6.08 Å². The number of amides is 4. The molecule has 0 spiro atoms. The molecule has 6 nitrogen and oxygen atoms in total. The summed E-state index contributed by atoms with van der Waals surface area (Å²) < 4.78 is 0.990. The molecule has 1 aliphatic rings. The van der Waals surface area contributed by atoms with E-state index in [1.807, 2.05) is 22.6 Å². The lowest BCUT2D eigenvalue weighted by Crippen LogP contribution is -2.54. The molecule has 2 N–H and O–H groups in total. The monoisotopic (exact) mass is 512 g/mol. The zero-order chi connectivity index (χ0) is 18.1. The van der Waals surface area contributed by atoms with Gasteiger partial charge in [-0.3, -0.25) is 14.9 Å². The van der Waals surface area contributed by atoms with Crippen molar-refractivity contribution in [1.82, 2.24) is 5.32 Å². The van der Waals surface area contributed by atoms with Gasteiger partial charge in [0.05, 0.1) is 13.7 Å². The van der Waals surface area contributed by atoms with Crippen molar-refractivity contribution < 1.29 is 19.5 Å². The van der Waals surface area contributed by atoms with Crippen LogP contribution in [-0.4, -0.2) is 23.0 Å². The van der Waals surface area contributed by atoms with Crippen molar-refractivity contribution in [2.75, 3.05) is 4.90 Å². The minimum atomic E-state index is -0.792. The first-order valence-electron chi connectivity index (χ1n) is 7.03. The van der Waals surface area contributed by atoms with E-state index in [0.29, 0.717) is 19.3 Å². The molecule has 0 saturated carbocycles. The van der Waals surface area contributed by atoms with Crippen molar-refractivity contribution in [2.45, 2.75) is 0 Å². The molecule has 1 heterocycles. The Balaban J connectivity index is 2.05. The topological polar surface area (TPSA) is 86.7 Å². The van der Waals surface area contributed by atoms with E-state index in [9.17, 15) is 19.5 Å². The first kappa shape index (κ1) is 17.6. The molecule has 0 aromatic heterocycles. The maximum atomic E-state index is 12.7. The third-order valence-electron chi connectivity index (χ3n) is 3.47. The molecule has 2 aromatic rings. The second-order valence-electron chi connectivity index (χ2n) is 5.13. The number of aromatic hydroxyl groups is 1. The van der Waals surface area contributed by atoms with Gasteiger partial charge in [0, 0.05) is 0 Å². The highest BCUT2D eigenvalue weighted by molar-refractivity contribution is 14.1. The number of carbonyl (C=O) groups excluding carboxylic acids is 3. The molecule has 0 atom stereocenters. The van der Waals surface area contributed by atoms with Crippen molar-refractivity contribution in [3.63, 3.8) is 0 Å². The number of hydrogen-bond acceptors (Lipinski definition) is 4. The van der Waals surface area contributed by atoms with Gasteiger partial charge < -0.3 is 5.11 Å². The molecule has 1 aliphatic heterocycles. The van der Waals surface area contributed by atoms with Crippen molar-refractivity contribution in [2.24, 2.45) is 0 Å². The number of benzene rings is 2. The van der Waals surface area contributed by atoms with Crippen LogP contribution >= 0.6 is 38.5 Å². The zero-order valence-electron chi connectivity index (χ0n) is 12.5. The first-order valence-corrected chi connectivity index (χ1v) is 8.90. The number of hydrogen-bond donors (Lipinski definition) is 2. The van der Waals surface area contributed by atoms with E-state index in [4.69, 9.17) is 0 Å². The van der Waals surface area contributed by atoms with Gasteiger partial charge in [-0.25, -0.2) is 9.69 Å². The van der Waals surface area contributed by atoms with Gasteiger partial charge in [-0.15, -0.1) is 0 Å². The zero-order valence-corrected chi connectivity index (χ0v) is 16.2.